The van der Waals surface area contributed by atoms with Crippen LogP contribution < -0.4 is 10.6 Å². The molecule has 1 aromatic heterocycles. The van der Waals surface area contributed by atoms with E-state index in [0.717, 1.165) is 0 Å². The number of fused-ring (bicyclic) bond motifs is 1. The fraction of sp³-hybridized carbons (Fsp3) is 0.375. The summed E-state index contributed by atoms with van der Waals surface area (Å²) in [6, 6.07) is 5.71. The molecule has 0 spiro atoms. The van der Waals surface area contributed by atoms with Gasteiger partial charge in [0.1, 0.15) is 11.6 Å². The number of nitrogens with two attached hydrogens (primary N) is 1. The highest BCUT2D eigenvalue weighted by Crippen LogP contribution is 2.36. The first-order chi connectivity index (χ1) is 10.8. The van der Waals surface area contributed by atoms with E-state index in [9.17, 15) is 18.0 Å². The molecule has 0 bridgehead atoms. The molecule has 1 aliphatic rings. The van der Waals surface area contributed by atoms with Crippen molar-refractivity contribution in [3.63, 3.8) is 0 Å². The molecule has 2 N–H and O–H groups in total. The Labute approximate surface area is 131 Å². The van der Waals surface area contributed by atoms with Crippen LogP contribution in [0.3, 0.4) is 0 Å². The zero-order valence-corrected chi connectivity index (χ0v) is 12.5. The highest BCUT2D eigenvalue weighted by Gasteiger charge is 2.42. The number of primary amides is 1. The topological polar surface area (TPSA) is 59.2 Å². The van der Waals surface area contributed by atoms with E-state index >= 15 is 0 Å². The van der Waals surface area contributed by atoms with Crippen LogP contribution in [0, 0.1) is 11.7 Å². The normalized spacial score (nSPS) is 20.7. The molecule has 1 aliphatic heterocycles. The fourth-order valence-electron chi connectivity index (χ4n) is 2.85. The van der Waals surface area contributed by atoms with Crippen LogP contribution in [0.25, 0.3) is 10.9 Å². The monoisotopic (exact) mass is 323 g/mol. The Morgan fingerprint density at radius 3 is 2.83 bits per heavy atom. The van der Waals surface area contributed by atoms with Crippen LogP contribution in [0.1, 0.15) is 23.7 Å². The molecule has 122 valence electrons. The molecule has 4 nitrogen and oxygen atoms in total. The first kappa shape index (κ1) is 15.6. The van der Waals surface area contributed by atoms with Gasteiger partial charge in [-0.25, -0.2) is 18.2 Å². The van der Waals surface area contributed by atoms with Gasteiger partial charge in [0.2, 0.25) is 0 Å². The lowest BCUT2D eigenvalue weighted by molar-refractivity contribution is -0.0652. The van der Waals surface area contributed by atoms with Crippen LogP contribution >= 0.6 is 0 Å². The Bertz CT molecular complexity index is 778. The summed E-state index contributed by atoms with van der Waals surface area (Å²) < 4.78 is 41.2. The molecule has 1 fully saturated rings. The summed E-state index contributed by atoms with van der Waals surface area (Å²) in [7, 11) is 0. The molecule has 1 amide bonds. The maximum atomic E-state index is 13.9. The maximum Gasteiger partial charge on any atom is 0.254 e. The number of aromatic nitrogens is 1. The quantitative estimate of drug-likeness (QED) is 0.924. The summed E-state index contributed by atoms with van der Waals surface area (Å²) in [6.45, 7) is 1.57. The fourth-order valence-corrected chi connectivity index (χ4v) is 2.85. The molecule has 23 heavy (non-hydrogen) atoms. The molecule has 7 heteroatoms. The first-order valence-electron chi connectivity index (χ1n) is 7.31. The first-order valence-corrected chi connectivity index (χ1v) is 7.31. The van der Waals surface area contributed by atoms with Gasteiger partial charge in [0.25, 0.3) is 11.8 Å². The van der Waals surface area contributed by atoms with E-state index in [0.29, 0.717) is 5.52 Å². The Hall–Kier alpha value is -2.31. The van der Waals surface area contributed by atoms with Crippen molar-refractivity contribution in [3.05, 3.63) is 35.6 Å². The number of benzene rings is 1. The number of nitrogens with zero attached hydrogens (tertiary/aromatic N) is 2. The zero-order valence-electron chi connectivity index (χ0n) is 12.5. The van der Waals surface area contributed by atoms with E-state index in [1.807, 2.05) is 0 Å². The van der Waals surface area contributed by atoms with Gasteiger partial charge in [-0.1, -0.05) is 13.0 Å². The molecule has 3 rings (SSSR count). The number of piperidine rings is 1. The summed E-state index contributed by atoms with van der Waals surface area (Å²) in [5, 5.41) is 0.181. The molecule has 1 saturated heterocycles. The lowest BCUT2D eigenvalue weighted by atomic mass is 9.95. The van der Waals surface area contributed by atoms with Crippen molar-refractivity contribution >= 4 is 22.6 Å². The van der Waals surface area contributed by atoms with Crippen molar-refractivity contribution < 1.29 is 18.0 Å². The molecule has 1 aromatic carbocycles. The number of amides is 1. The third-order valence-corrected chi connectivity index (χ3v) is 4.28. The van der Waals surface area contributed by atoms with Gasteiger partial charge in [0, 0.05) is 30.8 Å². The lowest BCUT2D eigenvalue weighted by Gasteiger charge is -2.37. The smallest absolute Gasteiger partial charge is 0.254 e. The van der Waals surface area contributed by atoms with E-state index in [-0.39, 0.29) is 36.3 Å². The molecular weight excluding hydrogens is 307 g/mol. The standard InChI is InChI=1S/C16H16F3N3O/c1-9-8-22(6-5-16(9,18)19)15-11(14(20)23)7-10-12(17)3-2-4-13(10)21-15/h2-4,7,9H,5-6,8H2,1H3,(H2,20,23). The van der Waals surface area contributed by atoms with E-state index in [1.54, 1.807) is 11.0 Å². The van der Waals surface area contributed by atoms with Crippen LogP contribution in [0.4, 0.5) is 19.0 Å². The SMILES string of the molecule is CC1CN(c2nc3cccc(F)c3cc2C(N)=O)CCC1(F)F. The molecule has 0 radical (unpaired) electrons. The third kappa shape index (κ3) is 2.71. The van der Waals surface area contributed by atoms with Crippen LogP contribution in [0.2, 0.25) is 0 Å². The Balaban J connectivity index is 2.09. The third-order valence-electron chi connectivity index (χ3n) is 4.28. The molecule has 0 saturated carbocycles. The average molecular weight is 323 g/mol. The molecular formula is C16H16F3N3O. The van der Waals surface area contributed by atoms with Crippen molar-refractivity contribution in [1.82, 2.24) is 4.98 Å². The van der Waals surface area contributed by atoms with Crippen LogP contribution in [-0.2, 0) is 0 Å². The number of carbonyl (C=O) groups excluding carboxylic acids is 1. The van der Waals surface area contributed by atoms with Crippen molar-refractivity contribution in [1.29, 1.82) is 0 Å². The number of alkyl halides is 2. The highest BCUT2D eigenvalue weighted by atomic mass is 19.3. The molecule has 1 unspecified atom stereocenters. The summed E-state index contributed by atoms with van der Waals surface area (Å²) >= 11 is 0. The van der Waals surface area contributed by atoms with Gasteiger partial charge in [-0.2, -0.15) is 0 Å². The number of halogens is 3. The van der Waals surface area contributed by atoms with Crippen molar-refractivity contribution in [2.75, 3.05) is 18.0 Å². The van der Waals surface area contributed by atoms with Gasteiger partial charge >= 0.3 is 0 Å². The Kier molecular flexibility index (Phi) is 3.66. The van der Waals surface area contributed by atoms with Crippen LogP contribution in [0.15, 0.2) is 24.3 Å². The number of carbonyl (C=O) groups is 1. The van der Waals surface area contributed by atoms with Crippen LogP contribution in [0.5, 0.6) is 0 Å². The summed E-state index contributed by atoms with van der Waals surface area (Å²) in [5.41, 5.74) is 5.77. The predicted molar refractivity (Wildman–Crippen MR) is 81.2 cm³/mol. The average Bonchev–Trinajstić information content (AvgIpc) is 2.49. The number of pyridine rings is 1. The van der Waals surface area contributed by atoms with Crippen molar-refractivity contribution in [3.8, 4) is 0 Å². The maximum absolute atomic E-state index is 13.9. The molecule has 2 aromatic rings. The second-order valence-corrected chi connectivity index (χ2v) is 5.89. The van der Waals surface area contributed by atoms with Crippen molar-refractivity contribution in [2.24, 2.45) is 11.7 Å². The van der Waals surface area contributed by atoms with Crippen LogP contribution in [-0.4, -0.2) is 29.9 Å². The van der Waals surface area contributed by atoms with E-state index in [2.05, 4.69) is 4.98 Å². The van der Waals surface area contributed by atoms with E-state index < -0.39 is 23.6 Å². The van der Waals surface area contributed by atoms with E-state index in [1.165, 1.54) is 25.1 Å². The van der Waals surface area contributed by atoms with Gasteiger partial charge < -0.3 is 10.6 Å². The zero-order chi connectivity index (χ0) is 16.8. The number of hydrogen-bond acceptors (Lipinski definition) is 3. The van der Waals surface area contributed by atoms with Gasteiger partial charge in [-0.3, -0.25) is 4.79 Å². The second-order valence-electron chi connectivity index (χ2n) is 5.89. The molecule has 2 heterocycles. The minimum atomic E-state index is -2.74. The summed E-state index contributed by atoms with van der Waals surface area (Å²) in [6.07, 6.45) is -0.324. The Morgan fingerprint density at radius 2 is 2.17 bits per heavy atom. The molecule has 1 atom stereocenters. The van der Waals surface area contributed by atoms with Crippen molar-refractivity contribution in [2.45, 2.75) is 19.3 Å². The number of anilines is 1. The minimum Gasteiger partial charge on any atom is -0.365 e. The number of rotatable bonds is 2. The predicted octanol–water partition coefficient (Wildman–Crippen LogP) is 2.95. The van der Waals surface area contributed by atoms with Gasteiger partial charge in [0.05, 0.1) is 11.1 Å². The van der Waals surface area contributed by atoms with E-state index in [4.69, 9.17) is 5.73 Å². The lowest BCUT2D eigenvalue weighted by Crippen LogP contribution is -2.46. The van der Waals surface area contributed by atoms with Gasteiger partial charge in [-0.05, 0) is 18.2 Å². The second kappa shape index (κ2) is 5.40. The number of hydrogen-bond donors (Lipinski definition) is 1. The Morgan fingerprint density at radius 1 is 1.43 bits per heavy atom. The van der Waals surface area contributed by atoms with Gasteiger partial charge in [-0.15, -0.1) is 0 Å². The molecule has 0 aliphatic carbocycles. The largest absolute Gasteiger partial charge is 0.365 e. The summed E-state index contributed by atoms with van der Waals surface area (Å²) in [4.78, 5) is 17.6. The highest BCUT2D eigenvalue weighted by molar-refractivity contribution is 6.01. The summed E-state index contributed by atoms with van der Waals surface area (Å²) in [5.74, 6) is -4.66. The minimum absolute atomic E-state index is 0.0417. The van der Waals surface area contributed by atoms with Gasteiger partial charge in [0.15, 0.2) is 0 Å².